The summed E-state index contributed by atoms with van der Waals surface area (Å²) in [6.07, 6.45) is 8.73. The summed E-state index contributed by atoms with van der Waals surface area (Å²) in [4.78, 5) is 2.58. The number of nitrogens with zero attached hydrogens (tertiary/aromatic N) is 2. The van der Waals surface area contributed by atoms with E-state index < -0.39 is 0 Å². The summed E-state index contributed by atoms with van der Waals surface area (Å²) in [6, 6.07) is 60.4. The van der Waals surface area contributed by atoms with E-state index in [0.29, 0.717) is 5.92 Å². The highest BCUT2D eigenvalue weighted by Crippen LogP contribution is 2.56. The maximum Gasteiger partial charge on any atom is 0.130 e. The Morgan fingerprint density at radius 2 is 1.33 bits per heavy atom. The third-order valence-electron chi connectivity index (χ3n) is 13.4. The fourth-order valence-electron chi connectivity index (χ4n) is 10.7. The van der Waals surface area contributed by atoms with E-state index >= 15 is 0 Å². The molecule has 278 valence electrons. The fraction of sp³-hybridized carbons (Fsp3) is 0.127. The largest absolute Gasteiger partial charge is 0.461 e. The first-order valence-electron chi connectivity index (χ1n) is 20.6. The second kappa shape index (κ2) is 12.6. The highest BCUT2D eigenvalue weighted by molar-refractivity contribution is 6.10. The van der Waals surface area contributed by atoms with Crippen molar-refractivity contribution in [3.63, 3.8) is 0 Å². The van der Waals surface area contributed by atoms with Crippen LogP contribution >= 0.6 is 0 Å². The molecule has 0 amide bonds. The lowest BCUT2D eigenvalue weighted by Gasteiger charge is -2.44. The smallest absolute Gasteiger partial charge is 0.130 e. The van der Waals surface area contributed by atoms with Gasteiger partial charge in [-0.15, -0.1) is 0 Å². The van der Waals surface area contributed by atoms with Gasteiger partial charge in [-0.25, -0.2) is 0 Å². The van der Waals surface area contributed by atoms with Crippen LogP contribution in [0.1, 0.15) is 49.3 Å². The molecule has 1 aromatic heterocycles. The van der Waals surface area contributed by atoms with Crippen molar-refractivity contribution in [2.75, 3.05) is 4.90 Å². The van der Waals surface area contributed by atoms with E-state index in [1.54, 1.807) is 0 Å². The van der Waals surface area contributed by atoms with Gasteiger partial charge < -0.3 is 14.2 Å². The number of hydrogen-bond donors (Lipinski definition) is 0. The van der Waals surface area contributed by atoms with Gasteiger partial charge >= 0.3 is 0 Å². The van der Waals surface area contributed by atoms with Crippen LogP contribution in [0.15, 0.2) is 199 Å². The summed E-state index contributed by atoms with van der Waals surface area (Å²) in [5.74, 6) is 2.59. The van der Waals surface area contributed by atoms with E-state index in [1.165, 1.54) is 77.7 Å². The number of hydrogen-bond acceptors (Lipinski definition) is 2. The molecule has 3 nitrogen and oxygen atoms in total. The number of aromatic nitrogens is 1. The van der Waals surface area contributed by atoms with Crippen LogP contribution in [0.25, 0.3) is 49.7 Å². The van der Waals surface area contributed by atoms with Gasteiger partial charge in [-0.1, -0.05) is 141 Å². The van der Waals surface area contributed by atoms with Gasteiger partial charge in [0.2, 0.25) is 0 Å². The zero-order valence-corrected chi connectivity index (χ0v) is 32.7. The molecule has 0 radical (unpaired) electrons. The zero-order valence-electron chi connectivity index (χ0n) is 32.7. The second-order valence-corrected chi connectivity index (χ2v) is 16.8. The summed E-state index contributed by atoms with van der Waals surface area (Å²) in [5, 5.41) is 2.50. The molecule has 2 heterocycles. The van der Waals surface area contributed by atoms with E-state index in [-0.39, 0.29) is 11.3 Å². The molecule has 0 spiro atoms. The topological polar surface area (TPSA) is 17.4 Å². The van der Waals surface area contributed by atoms with Gasteiger partial charge in [0, 0.05) is 44.9 Å². The highest BCUT2D eigenvalue weighted by atomic mass is 16.5. The maximum absolute atomic E-state index is 6.68. The average molecular weight is 747 g/mol. The maximum atomic E-state index is 6.68. The van der Waals surface area contributed by atoms with Crippen LogP contribution in [0.2, 0.25) is 0 Å². The predicted molar refractivity (Wildman–Crippen MR) is 239 cm³/mol. The molecule has 4 aliphatic rings. The van der Waals surface area contributed by atoms with Crippen LogP contribution in [-0.4, -0.2) is 4.57 Å². The van der Waals surface area contributed by atoms with Crippen molar-refractivity contribution >= 4 is 33.2 Å². The normalized spacial score (nSPS) is 18.3. The summed E-state index contributed by atoms with van der Waals surface area (Å²) >= 11 is 0. The van der Waals surface area contributed by atoms with Crippen LogP contribution in [0.4, 0.5) is 11.4 Å². The molecule has 0 N–H and O–H groups in total. The van der Waals surface area contributed by atoms with Crippen LogP contribution in [0.5, 0.6) is 5.75 Å². The molecule has 12 rings (SSSR count). The number of fused-ring (bicyclic) bond motifs is 8. The van der Waals surface area contributed by atoms with Crippen LogP contribution < -0.4 is 9.64 Å². The van der Waals surface area contributed by atoms with Crippen molar-refractivity contribution in [2.24, 2.45) is 5.92 Å². The molecule has 0 fully saturated rings. The molecule has 3 aliphatic carbocycles. The number of benzene rings is 7. The van der Waals surface area contributed by atoms with E-state index in [0.717, 1.165) is 35.7 Å². The van der Waals surface area contributed by atoms with E-state index in [9.17, 15) is 0 Å². The molecular formula is C55H42N2O. The number of allylic oxidation sites excluding steroid dienone is 5. The van der Waals surface area contributed by atoms with Crippen LogP contribution in [0.3, 0.4) is 0 Å². The molecule has 58 heavy (non-hydrogen) atoms. The Kier molecular flexibility index (Phi) is 7.23. The average Bonchev–Trinajstić information content (AvgIpc) is 3.72. The van der Waals surface area contributed by atoms with Crippen LogP contribution in [-0.2, 0) is 5.41 Å². The Labute approximate surface area is 339 Å². The number of ether oxygens (including phenoxy) is 1. The van der Waals surface area contributed by atoms with E-state index in [4.69, 9.17) is 4.74 Å². The quantitative estimate of drug-likeness (QED) is 0.174. The Balaban J connectivity index is 1.07. The van der Waals surface area contributed by atoms with Gasteiger partial charge in [-0.3, -0.25) is 0 Å². The summed E-state index contributed by atoms with van der Waals surface area (Å²) in [5.41, 5.74) is 17.7. The standard InChI is InChI=1S/C55H42N2O/c1-55(2)47-19-9-6-15-40(47)41-29-27-38(33-48(41)55)56(50-32-31-45-44-17-8-11-21-52(44)58-53-22-12-18-46(50)54(45)53)39-28-30-43-42-16-7-10-20-49(42)57(51(43)34-39)37-25-23-36(24-26-37)35-13-4-3-5-14-35/h3-30,33-34,45,54H,31-32H2,1-2H3. The van der Waals surface area contributed by atoms with Crippen LogP contribution in [0, 0.1) is 5.92 Å². The first-order chi connectivity index (χ1) is 28.5. The third kappa shape index (κ3) is 4.86. The lowest BCUT2D eigenvalue weighted by molar-refractivity contribution is 0.285. The SMILES string of the molecule is CC1(C)c2ccccc2-c2ccc(N(C3=C4C=CC=C5Oc6ccccc6C(CC3)C54)c3ccc4c5ccccc5n(-c5ccc(-c6ccccc6)cc5)c4c3)cc21. The number of rotatable bonds is 5. The first kappa shape index (κ1) is 33.3. The Morgan fingerprint density at radius 1 is 0.621 bits per heavy atom. The summed E-state index contributed by atoms with van der Waals surface area (Å²) < 4.78 is 9.13. The first-order valence-corrected chi connectivity index (χ1v) is 20.6. The Bertz CT molecular complexity index is 3070. The van der Waals surface area contributed by atoms with Gasteiger partial charge in [0.25, 0.3) is 0 Å². The van der Waals surface area contributed by atoms with E-state index in [1.807, 2.05) is 0 Å². The minimum Gasteiger partial charge on any atom is -0.461 e. The van der Waals surface area contributed by atoms with Crippen molar-refractivity contribution in [1.29, 1.82) is 0 Å². The zero-order chi connectivity index (χ0) is 38.5. The predicted octanol–water partition coefficient (Wildman–Crippen LogP) is 14.2. The molecule has 1 aliphatic heterocycles. The molecule has 3 heteroatoms. The molecule has 0 bridgehead atoms. The highest BCUT2D eigenvalue weighted by Gasteiger charge is 2.43. The van der Waals surface area contributed by atoms with Gasteiger partial charge in [-0.05, 0) is 112 Å². The monoisotopic (exact) mass is 746 g/mol. The Hall–Kier alpha value is -6.84. The summed E-state index contributed by atoms with van der Waals surface area (Å²) in [6.45, 7) is 4.76. The van der Waals surface area contributed by atoms with Crippen molar-refractivity contribution in [2.45, 2.75) is 38.0 Å². The molecule has 0 saturated carbocycles. The van der Waals surface area contributed by atoms with E-state index in [2.05, 4.69) is 205 Å². The van der Waals surface area contributed by atoms with Crippen molar-refractivity contribution in [1.82, 2.24) is 4.57 Å². The van der Waals surface area contributed by atoms with Crippen molar-refractivity contribution in [3.05, 3.63) is 216 Å². The molecule has 8 aromatic rings. The second-order valence-electron chi connectivity index (χ2n) is 16.8. The summed E-state index contributed by atoms with van der Waals surface area (Å²) in [7, 11) is 0. The minimum atomic E-state index is -0.118. The minimum absolute atomic E-state index is 0.118. The lowest BCUT2D eigenvalue weighted by atomic mass is 9.69. The number of anilines is 2. The van der Waals surface area contributed by atoms with Gasteiger partial charge in [0.05, 0.1) is 17.0 Å². The molecule has 7 aromatic carbocycles. The molecule has 2 unspecified atom stereocenters. The van der Waals surface area contributed by atoms with Gasteiger partial charge in [-0.2, -0.15) is 0 Å². The number of para-hydroxylation sites is 2. The fourth-order valence-corrected chi connectivity index (χ4v) is 10.7. The van der Waals surface area contributed by atoms with Gasteiger partial charge in [0.1, 0.15) is 11.5 Å². The molecular weight excluding hydrogens is 705 g/mol. The van der Waals surface area contributed by atoms with Crippen molar-refractivity contribution in [3.8, 4) is 33.7 Å². The molecule has 2 atom stereocenters. The van der Waals surface area contributed by atoms with Crippen molar-refractivity contribution < 1.29 is 4.74 Å². The Morgan fingerprint density at radius 3 is 2.22 bits per heavy atom. The molecule has 0 saturated heterocycles. The van der Waals surface area contributed by atoms with Gasteiger partial charge in [0.15, 0.2) is 0 Å². The lowest BCUT2D eigenvalue weighted by Crippen LogP contribution is -2.33. The third-order valence-corrected chi connectivity index (χ3v) is 13.4.